The number of non-ortho nitro benzene ring substituents is 1. The fraction of sp³-hybridized carbons (Fsp3) is 0.290. The molecule has 0 aromatic heterocycles. The first-order valence-corrected chi connectivity index (χ1v) is 13.1. The van der Waals surface area contributed by atoms with Crippen LogP contribution in [-0.4, -0.2) is 49.7 Å². The van der Waals surface area contributed by atoms with Crippen LogP contribution in [0.4, 0.5) is 17.1 Å². The molecule has 0 saturated heterocycles. The van der Waals surface area contributed by atoms with Crippen LogP contribution in [0.1, 0.15) is 46.8 Å². The third-order valence-corrected chi connectivity index (χ3v) is 7.54. The summed E-state index contributed by atoms with van der Waals surface area (Å²) in [5.74, 6) is -0.193. The molecule has 1 amide bonds. The number of benzene rings is 3. The summed E-state index contributed by atoms with van der Waals surface area (Å²) < 4.78 is 0. The molecular formula is C31H33N5O3. The van der Waals surface area contributed by atoms with E-state index in [0.29, 0.717) is 5.56 Å². The first-order valence-electron chi connectivity index (χ1n) is 13.1. The van der Waals surface area contributed by atoms with E-state index in [-0.39, 0.29) is 23.6 Å². The molecule has 1 fully saturated rings. The molecule has 8 heteroatoms. The summed E-state index contributed by atoms with van der Waals surface area (Å²) in [4.78, 5) is 28.6. The summed E-state index contributed by atoms with van der Waals surface area (Å²) in [5.41, 5.74) is 6.78. The quantitative estimate of drug-likeness (QED) is 0.285. The Morgan fingerprint density at radius 3 is 2.08 bits per heavy atom. The topological polar surface area (TPSA) is 82.3 Å². The molecule has 1 saturated carbocycles. The summed E-state index contributed by atoms with van der Waals surface area (Å²) >= 11 is 0. The van der Waals surface area contributed by atoms with Gasteiger partial charge in [0.05, 0.1) is 16.7 Å². The normalized spacial score (nSPS) is 19.4. The van der Waals surface area contributed by atoms with E-state index in [9.17, 15) is 14.9 Å². The number of allylic oxidation sites excluding steroid dienone is 1. The highest BCUT2D eigenvalue weighted by Crippen LogP contribution is 2.45. The van der Waals surface area contributed by atoms with Gasteiger partial charge in [-0.3, -0.25) is 14.9 Å². The van der Waals surface area contributed by atoms with Gasteiger partial charge < -0.3 is 9.80 Å². The number of hydrogen-bond acceptors (Lipinski definition) is 6. The summed E-state index contributed by atoms with van der Waals surface area (Å²) in [5, 5.41) is 17.7. The van der Waals surface area contributed by atoms with Crippen molar-refractivity contribution in [3.05, 3.63) is 105 Å². The third-order valence-electron chi connectivity index (χ3n) is 7.54. The number of rotatable bonds is 6. The second kappa shape index (κ2) is 10.7. The molecule has 3 aromatic carbocycles. The van der Waals surface area contributed by atoms with Crippen molar-refractivity contribution in [2.45, 2.75) is 25.3 Å². The minimum absolute atomic E-state index is 0.0470. The Kier molecular flexibility index (Phi) is 7.19. The number of amides is 1. The molecule has 39 heavy (non-hydrogen) atoms. The number of carbonyl (C=O) groups excluding carboxylic acids is 1. The van der Waals surface area contributed by atoms with E-state index < -0.39 is 4.92 Å². The Labute approximate surface area is 229 Å². The van der Waals surface area contributed by atoms with Crippen LogP contribution in [0.25, 0.3) is 6.08 Å². The van der Waals surface area contributed by atoms with Crippen LogP contribution in [0.5, 0.6) is 0 Å². The molecule has 1 aliphatic heterocycles. The fourth-order valence-electron chi connectivity index (χ4n) is 5.40. The van der Waals surface area contributed by atoms with Crippen molar-refractivity contribution in [2.75, 3.05) is 38.0 Å². The average molecular weight is 524 g/mol. The van der Waals surface area contributed by atoms with E-state index in [0.717, 1.165) is 53.0 Å². The van der Waals surface area contributed by atoms with Crippen molar-refractivity contribution in [1.29, 1.82) is 0 Å². The number of fused-ring (bicyclic) bond motifs is 1. The number of nitro benzene ring substituents is 1. The zero-order valence-corrected chi connectivity index (χ0v) is 22.7. The SMILES string of the molecule is CN(C)c1ccc(/C=C2/CCC[C@@H]3C2=NN(C(=O)c2ccc([N+](=O)[O-])cc2)[C@H]3c2ccc(N(C)C)cc2)cc1. The van der Waals surface area contributed by atoms with Crippen LogP contribution in [0.2, 0.25) is 0 Å². The summed E-state index contributed by atoms with van der Waals surface area (Å²) in [7, 11) is 8.04. The lowest BCUT2D eigenvalue weighted by molar-refractivity contribution is -0.384. The van der Waals surface area contributed by atoms with Gasteiger partial charge in [0.25, 0.3) is 11.6 Å². The molecule has 1 heterocycles. The Balaban J connectivity index is 1.54. The maximum absolute atomic E-state index is 13.8. The fourth-order valence-corrected chi connectivity index (χ4v) is 5.40. The van der Waals surface area contributed by atoms with Gasteiger partial charge >= 0.3 is 0 Å². The molecule has 3 aromatic rings. The number of nitro groups is 1. The average Bonchev–Trinajstić information content (AvgIpc) is 3.33. The lowest BCUT2D eigenvalue weighted by atomic mass is 9.77. The van der Waals surface area contributed by atoms with Crippen LogP contribution in [0, 0.1) is 16.0 Å². The zero-order chi connectivity index (χ0) is 27.7. The first-order chi connectivity index (χ1) is 18.7. The molecule has 1 aliphatic carbocycles. The van der Waals surface area contributed by atoms with E-state index in [4.69, 9.17) is 5.10 Å². The van der Waals surface area contributed by atoms with Gasteiger partial charge in [0.2, 0.25) is 0 Å². The minimum Gasteiger partial charge on any atom is -0.378 e. The van der Waals surface area contributed by atoms with E-state index in [2.05, 4.69) is 59.5 Å². The lowest BCUT2D eigenvalue weighted by Gasteiger charge is -2.30. The van der Waals surface area contributed by atoms with Gasteiger partial charge in [-0.1, -0.05) is 24.3 Å². The predicted octanol–water partition coefficient (Wildman–Crippen LogP) is 6.16. The van der Waals surface area contributed by atoms with Crippen molar-refractivity contribution in [2.24, 2.45) is 11.0 Å². The molecule has 0 N–H and O–H groups in total. The van der Waals surface area contributed by atoms with Crippen LogP contribution >= 0.6 is 0 Å². The minimum atomic E-state index is -0.462. The van der Waals surface area contributed by atoms with Crippen molar-refractivity contribution < 1.29 is 9.72 Å². The standard InChI is InChI=1S/C31H33N5O3/c1-33(2)25-14-8-21(9-15-25)20-24-6-5-7-28-29(24)32-35(30(28)22-10-16-26(17-11-22)34(3)4)31(37)23-12-18-27(19-13-23)36(38)39/h8-20,28,30H,5-7H2,1-4H3/b24-20-/t28-,30+/m1/s1. The highest BCUT2D eigenvalue weighted by molar-refractivity contribution is 6.09. The second-order valence-electron chi connectivity index (χ2n) is 10.5. The number of anilines is 2. The number of hydrogen-bond donors (Lipinski definition) is 0. The van der Waals surface area contributed by atoms with Gasteiger partial charge in [0.15, 0.2) is 0 Å². The predicted molar refractivity (Wildman–Crippen MR) is 156 cm³/mol. The lowest BCUT2D eigenvalue weighted by Crippen LogP contribution is -2.32. The molecule has 2 atom stereocenters. The Bertz CT molecular complexity index is 1420. The summed E-state index contributed by atoms with van der Waals surface area (Å²) in [6, 6.07) is 22.2. The molecule has 0 unspecified atom stereocenters. The van der Waals surface area contributed by atoms with Gasteiger partial charge in [-0.05, 0) is 78.4 Å². The highest BCUT2D eigenvalue weighted by atomic mass is 16.6. The zero-order valence-electron chi connectivity index (χ0n) is 22.7. The molecule has 0 radical (unpaired) electrons. The van der Waals surface area contributed by atoms with Crippen LogP contribution in [-0.2, 0) is 0 Å². The van der Waals surface area contributed by atoms with E-state index in [1.165, 1.54) is 24.3 Å². The maximum atomic E-state index is 13.8. The van der Waals surface area contributed by atoms with Gasteiger partial charge in [-0.2, -0.15) is 5.10 Å². The van der Waals surface area contributed by atoms with Crippen molar-refractivity contribution in [3.8, 4) is 0 Å². The maximum Gasteiger partial charge on any atom is 0.274 e. The number of carbonyl (C=O) groups is 1. The summed E-state index contributed by atoms with van der Waals surface area (Å²) in [6.07, 6.45) is 5.03. The summed E-state index contributed by atoms with van der Waals surface area (Å²) in [6.45, 7) is 0. The van der Waals surface area contributed by atoms with Gasteiger partial charge in [0, 0.05) is 63.2 Å². The molecule has 5 rings (SSSR count). The smallest absolute Gasteiger partial charge is 0.274 e. The van der Waals surface area contributed by atoms with E-state index in [1.54, 1.807) is 5.01 Å². The molecule has 8 nitrogen and oxygen atoms in total. The molecular weight excluding hydrogens is 490 g/mol. The number of nitrogens with zero attached hydrogens (tertiary/aromatic N) is 5. The molecule has 200 valence electrons. The molecule has 2 aliphatic rings. The van der Waals surface area contributed by atoms with Crippen LogP contribution in [0.3, 0.4) is 0 Å². The van der Waals surface area contributed by atoms with E-state index in [1.807, 2.05) is 33.1 Å². The van der Waals surface area contributed by atoms with Crippen LogP contribution < -0.4 is 9.80 Å². The van der Waals surface area contributed by atoms with E-state index >= 15 is 0 Å². The Hall–Kier alpha value is -4.46. The number of hydrazone groups is 1. The van der Waals surface area contributed by atoms with Gasteiger partial charge in [0.1, 0.15) is 0 Å². The third kappa shape index (κ3) is 5.27. The molecule has 0 spiro atoms. The Morgan fingerprint density at radius 1 is 0.923 bits per heavy atom. The monoisotopic (exact) mass is 523 g/mol. The van der Waals surface area contributed by atoms with Crippen molar-refractivity contribution in [3.63, 3.8) is 0 Å². The second-order valence-corrected chi connectivity index (χ2v) is 10.5. The Morgan fingerprint density at radius 2 is 1.51 bits per heavy atom. The van der Waals surface area contributed by atoms with Crippen molar-refractivity contribution in [1.82, 2.24) is 5.01 Å². The first kappa shape index (κ1) is 26.2. The highest BCUT2D eigenvalue weighted by Gasteiger charge is 2.44. The van der Waals surface area contributed by atoms with Gasteiger partial charge in [-0.15, -0.1) is 0 Å². The van der Waals surface area contributed by atoms with Gasteiger partial charge in [-0.25, -0.2) is 5.01 Å². The molecule has 0 bridgehead atoms. The largest absolute Gasteiger partial charge is 0.378 e. The van der Waals surface area contributed by atoms with Crippen molar-refractivity contribution >= 4 is 34.8 Å². The van der Waals surface area contributed by atoms with Crippen LogP contribution in [0.15, 0.2) is 83.5 Å².